The molecule has 8 heavy (non-hydrogen) atoms. The highest BCUT2D eigenvalue weighted by molar-refractivity contribution is 5.65. The van der Waals surface area contributed by atoms with Gasteiger partial charge in [-0.1, -0.05) is 11.3 Å². The molecule has 0 saturated heterocycles. The van der Waals surface area contributed by atoms with Crippen LogP contribution in [0.25, 0.3) is 0 Å². The Bertz CT molecular complexity index is 122. The van der Waals surface area contributed by atoms with Gasteiger partial charge < -0.3 is 0 Å². The minimum Gasteiger partial charge on any atom is -0.205 e. The first-order valence-electron chi connectivity index (χ1n) is 2.43. The summed E-state index contributed by atoms with van der Waals surface area (Å²) in [6.45, 7) is 5.37. The maximum Gasteiger partial charge on any atom is 0.198 e. The van der Waals surface area contributed by atoms with Crippen molar-refractivity contribution in [2.45, 2.75) is 6.92 Å². The highest BCUT2D eigenvalue weighted by atomic mass is 15.3. The maximum absolute atomic E-state index is 5.31. The van der Waals surface area contributed by atoms with Crippen LogP contribution < -0.4 is 5.84 Å². The van der Waals surface area contributed by atoms with Crippen LogP contribution in [0.15, 0.2) is 24.9 Å². The lowest BCUT2D eigenvalue weighted by Gasteiger charge is -1.77. The van der Waals surface area contributed by atoms with Gasteiger partial charge in [-0.15, -0.1) is 0 Å². The van der Waals surface area contributed by atoms with Crippen LogP contribution in [0.4, 0.5) is 0 Å². The molecule has 0 aromatic heterocycles. The Balaban J connectivity index is 3.79. The van der Waals surface area contributed by atoms with Crippen molar-refractivity contribution < 1.29 is 4.68 Å². The summed E-state index contributed by atoms with van der Waals surface area (Å²) in [6.07, 6.45) is 6.88. The molecule has 0 aliphatic rings. The Morgan fingerprint density at radius 3 is 2.62 bits per heavy atom. The zero-order valence-electron chi connectivity index (χ0n) is 5.04. The molecular formula is C6H11N2+. The zero-order chi connectivity index (χ0) is 6.41. The summed E-state index contributed by atoms with van der Waals surface area (Å²) in [5, 5.41) is 0. The quantitative estimate of drug-likeness (QED) is 0.241. The van der Waals surface area contributed by atoms with Gasteiger partial charge in [0, 0.05) is 0 Å². The van der Waals surface area contributed by atoms with Gasteiger partial charge in [-0.05, 0) is 19.1 Å². The number of rotatable bonds is 2. The molecular weight excluding hydrogens is 100 g/mol. The average molecular weight is 111 g/mol. The van der Waals surface area contributed by atoms with E-state index in [4.69, 9.17) is 5.84 Å². The van der Waals surface area contributed by atoms with Crippen LogP contribution in [-0.4, -0.2) is 10.9 Å². The molecule has 0 unspecified atom stereocenters. The number of allylic oxidation sites excluding steroid dienone is 2. The van der Waals surface area contributed by atoms with Crippen LogP contribution in [0, 0.1) is 0 Å². The molecule has 0 aromatic carbocycles. The molecule has 0 atom stereocenters. The monoisotopic (exact) mass is 111 g/mol. The summed E-state index contributed by atoms with van der Waals surface area (Å²) in [5.41, 5.74) is 0. The van der Waals surface area contributed by atoms with Crippen LogP contribution in [0.3, 0.4) is 0 Å². The number of hydrogen-bond donors (Lipinski definition) is 1. The van der Waals surface area contributed by atoms with Crippen LogP contribution in [0.5, 0.6) is 0 Å². The Morgan fingerprint density at radius 2 is 2.25 bits per heavy atom. The summed E-state index contributed by atoms with van der Waals surface area (Å²) >= 11 is 0. The Labute approximate surface area is 49.6 Å². The van der Waals surface area contributed by atoms with E-state index < -0.39 is 0 Å². The average Bonchev–Trinajstić information content (AvgIpc) is 1.68. The molecule has 2 N–H and O–H groups in total. The van der Waals surface area contributed by atoms with Crippen molar-refractivity contribution in [1.29, 1.82) is 0 Å². The van der Waals surface area contributed by atoms with Gasteiger partial charge in [-0.25, -0.2) is 5.84 Å². The van der Waals surface area contributed by atoms with Crippen LogP contribution in [-0.2, 0) is 0 Å². The summed E-state index contributed by atoms with van der Waals surface area (Å²) in [7, 11) is 0. The van der Waals surface area contributed by atoms with Gasteiger partial charge in [0.1, 0.15) is 0 Å². The standard InChI is InChI=1S/C6H11N2/c1-3-5-8(7)6-4-2/h3-6H,1,7H2,2H3/q+1. The van der Waals surface area contributed by atoms with E-state index in [1.807, 2.05) is 13.0 Å². The molecule has 0 aromatic rings. The third kappa shape index (κ3) is 3.15. The summed E-state index contributed by atoms with van der Waals surface area (Å²) in [5.74, 6) is 5.31. The van der Waals surface area contributed by atoms with E-state index in [0.717, 1.165) is 0 Å². The topological polar surface area (TPSA) is 29.0 Å². The van der Waals surface area contributed by atoms with Crippen molar-refractivity contribution >= 4 is 6.21 Å². The fraction of sp³-hybridized carbons (Fsp3) is 0.167. The fourth-order valence-corrected chi connectivity index (χ4v) is 0.344. The largest absolute Gasteiger partial charge is 0.205 e. The summed E-state index contributed by atoms with van der Waals surface area (Å²) < 4.78 is 1.44. The lowest BCUT2D eigenvalue weighted by atomic mass is 10.6. The van der Waals surface area contributed by atoms with E-state index in [-0.39, 0.29) is 0 Å². The number of nitrogens with zero attached hydrogens (tertiary/aromatic N) is 1. The van der Waals surface area contributed by atoms with Crippen LogP contribution >= 0.6 is 0 Å². The van der Waals surface area contributed by atoms with E-state index in [1.165, 1.54) is 4.68 Å². The van der Waals surface area contributed by atoms with Crippen molar-refractivity contribution in [1.82, 2.24) is 0 Å². The lowest BCUT2D eigenvalue weighted by Crippen LogP contribution is -2.12. The van der Waals surface area contributed by atoms with Gasteiger partial charge in [0.05, 0.1) is 0 Å². The molecule has 0 spiro atoms. The second-order valence-corrected chi connectivity index (χ2v) is 1.31. The van der Waals surface area contributed by atoms with Crippen molar-refractivity contribution in [3.8, 4) is 0 Å². The molecule has 0 bridgehead atoms. The second kappa shape index (κ2) is 4.12. The van der Waals surface area contributed by atoms with E-state index in [1.54, 1.807) is 18.5 Å². The first-order chi connectivity index (χ1) is 3.81. The molecule has 0 saturated carbocycles. The predicted octanol–water partition coefficient (Wildman–Crippen LogP) is 0.663. The second-order valence-electron chi connectivity index (χ2n) is 1.31. The van der Waals surface area contributed by atoms with Crippen LogP contribution in [0.2, 0.25) is 0 Å². The highest BCUT2D eigenvalue weighted by Crippen LogP contribution is 1.65. The number of hydrazine groups is 1. The molecule has 44 valence electrons. The third-order valence-corrected chi connectivity index (χ3v) is 0.599. The van der Waals surface area contributed by atoms with Gasteiger partial charge in [-0.2, -0.15) is 0 Å². The number of nitrogens with two attached hydrogens (primary N) is 1. The molecule has 2 nitrogen and oxygen atoms in total. The van der Waals surface area contributed by atoms with Crippen molar-refractivity contribution in [3.63, 3.8) is 0 Å². The minimum absolute atomic E-state index is 1.44. The normalized spacial score (nSPS) is 12.4. The molecule has 0 aliphatic heterocycles. The van der Waals surface area contributed by atoms with Crippen LogP contribution in [0.1, 0.15) is 6.92 Å². The summed E-state index contributed by atoms with van der Waals surface area (Å²) in [6, 6.07) is 0. The Morgan fingerprint density at radius 1 is 1.62 bits per heavy atom. The highest BCUT2D eigenvalue weighted by Gasteiger charge is 1.79. The maximum atomic E-state index is 5.31. The molecule has 0 amide bonds. The van der Waals surface area contributed by atoms with Gasteiger partial charge in [0.15, 0.2) is 12.4 Å². The number of hydrazone groups is 1. The Kier molecular flexibility index (Phi) is 3.58. The molecule has 0 fully saturated rings. The lowest BCUT2D eigenvalue weighted by molar-refractivity contribution is -0.463. The van der Waals surface area contributed by atoms with Gasteiger partial charge in [0.2, 0.25) is 0 Å². The van der Waals surface area contributed by atoms with E-state index in [2.05, 4.69) is 6.58 Å². The predicted molar refractivity (Wildman–Crippen MR) is 35.5 cm³/mol. The van der Waals surface area contributed by atoms with E-state index in [9.17, 15) is 0 Å². The van der Waals surface area contributed by atoms with Gasteiger partial charge in [0.25, 0.3) is 0 Å². The SMILES string of the molecule is C=CC=[N+](N)C=CC. The zero-order valence-corrected chi connectivity index (χ0v) is 5.04. The van der Waals surface area contributed by atoms with Crippen molar-refractivity contribution in [2.24, 2.45) is 5.84 Å². The first kappa shape index (κ1) is 6.95. The molecule has 0 heterocycles. The minimum atomic E-state index is 1.44. The van der Waals surface area contributed by atoms with Gasteiger partial charge >= 0.3 is 0 Å². The van der Waals surface area contributed by atoms with Gasteiger partial charge in [-0.3, -0.25) is 0 Å². The molecule has 0 aliphatic carbocycles. The summed E-state index contributed by atoms with van der Waals surface area (Å²) in [4.78, 5) is 0. The van der Waals surface area contributed by atoms with Crippen molar-refractivity contribution in [2.75, 3.05) is 0 Å². The molecule has 2 heteroatoms. The smallest absolute Gasteiger partial charge is 0.198 e. The number of hydrogen-bond acceptors (Lipinski definition) is 1. The third-order valence-electron chi connectivity index (χ3n) is 0.599. The van der Waals surface area contributed by atoms with E-state index >= 15 is 0 Å². The molecule has 0 radical (unpaired) electrons. The molecule has 0 rings (SSSR count). The van der Waals surface area contributed by atoms with E-state index in [0.29, 0.717) is 0 Å². The first-order valence-corrected chi connectivity index (χ1v) is 2.43. The Hall–Kier alpha value is -1.05. The fourth-order valence-electron chi connectivity index (χ4n) is 0.344. The van der Waals surface area contributed by atoms with Crippen molar-refractivity contribution in [3.05, 3.63) is 24.9 Å².